The van der Waals surface area contributed by atoms with E-state index in [4.69, 9.17) is 5.73 Å². The molecule has 1 fully saturated rings. The van der Waals surface area contributed by atoms with Crippen LogP contribution in [0.2, 0.25) is 0 Å². The number of hydrogen-bond donors (Lipinski definition) is 2. The molecule has 1 amide bonds. The molecule has 98 valence electrons. The first-order valence-electron chi connectivity index (χ1n) is 6.49. The van der Waals surface area contributed by atoms with Gasteiger partial charge < -0.3 is 11.1 Å². The minimum absolute atomic E-state index is 0.0507. The van der Waals surface area contributed by atoms with Crippen molar-refractivity contribution in [2.24, 2.45) is 5.41 Å². The van der Waals surface area contributed by atoms with E-state index in [9.17, 15) is 4.79 Å². The van der Waals surface area contributed by atoms with Crippen LogP contribution in [0.1, 0.15) is 49.9 Å². The van der Waals surface area contributed by atoms with Crippen LogP contribution in [-0.2, 0) is 0 Å². The van der Waals surface area contributed by atoms with Crippen molar-refractivity contribution in [2.45, 2.75) is 45.6 Å². The van der Waals surface area contributed by atoms with Crippen LogP contribution in [0.3, 0.4) is 0 Å². The fourth-order valence-corrected chi connectivity index (χ4v) is 2.63. The Hall–Kier alpha value is -1.58. The van der Waals surface area contributed by atoms with E-state index in [2.05, 4.69) is 24.1 Å². The minimum atomic E-state index is -0.0507. The summed E-state index contributed by atoms with van der Waals surface area (Å²) in [6.07, 6.45) is 6.05. The van der Waals surface area contributed by atoms with E-state index >= 15 is 0 Å². The van der Waals surface area contributed by atoms with E-state index in [1.165, 1.54) is 19.0 Å². The first-order valence-corrected chi connectivity index (χ1v) is 6.49. The van der Waals surface area contributed by atoms with Crippen molar-refractivity contribution in [3.63, 3.8) is 0 Å². The van der Waals surface area contributed by atoms with Gasteiger partial charge in [0.25, 0.3) is 5.91 Å². The van der Waals surface area contributed by atoms with Gasteiger partial charge in [0.05, 0.1) is 5.56 Å². The third-order valence-corrected chi connectivity index (χ3v) is 3.59. The number of nitrogens with zero attached hydrogens (tertiary/aromatic N) is 1. The van der Waals surface area contributed by atoms with Crippen LogP contribution in [0.5, 0.6) is 0 Å². The lowest BCUT2D eigenvalue weighted by molar-refractivity contribution is 0.0902. The maximum atomic E-state index is 12.0. The van der Waals surface area contributed by atoms with Gasteiger partial charge in [-0.05, 0) is 36.8 Å². The highest BCUT2D eigenvalue weighted by Gasteiger charge is 2.28. The van der Waals surface area contributed by atoms with Gasteiger partial charge in [0, 0.05) is 12.2 Å². The van der Waals surface area contributed by atoms with Crippen LogP contribution in [0, 0.1) is 5.41 Å². The van der Waals surface area contributed by atoms with Crippen LogP contribution in [-0.4, -0.2) is 16.9 Å². The molecule has 1 aromatic heterocycles. The molecule has 2 rings (SSSR count). The summed E-state index contributed by atoms with van der Waals surface area (Å²) in [4.78, 5) is 16.0. The normalized spacial score (nSPS) is 22.4. The highest BCUT2D eigenvalue weighted by atomic mass is 16.1. The maximum Gasteiger partial charge on any atom is 0.253 e. The highest BCUT2D eigenvalue weighted by Crippen LogP contribution is 2.35. The Bertz CT molecular complexity index is 425. The quantitative estimate of drug-likeness (QED) is 0.843. The molecule has 0 aliphatic heterocycles. The third-order valence-electron chi connectivity index (χ3n) is 3.59. The lowest BCUT2D eigenvalue weighted by Gasteiger charge is -2.35. The predicted octanol–water partition coefficient (Wildman–Crippen LogP) is 2.36. The summed E-state index contributed by atoms with van der Waals surface area (Å²) in [5.41, 5.74) is 6.41. The molecule has 0 spiro atoms. The van der Waals surface area contributed by atoms with Crippen LogP contribution in [0.15, 0.2) is 18.3 Å². The third kappa shape index (κ3) is 3.22. The first-order chi connectivity index (χ1) is 8.46. The lowest BCUT2D eigenvalue weighted by atomic mass is 9.75. The standard InChI is InChI=1S/C14H21N3O/c1-14(2)7-3-4-11(8-14)17-13(18)10-5-6-12(15)16-9-10/h5-6,9,11H,3-4,7-8H2,1-2H3,(H2,15,16)(H,17,18). The molecule has 1 atom stereocenters. The van der Waals surface area contributed by atoms with Gasteiger partial charge in [0.2, 0.25) is 0 Å². The molecule has 4 nitrogen and oxygen atoms in total. The number of anilines is 1. The van der Waals surface area contributed by atoms with Gasteiger partial charge in [-0.2, -0.15) is 0 Å². The smallest absolute Gasteiger partial charge is 0.253 e. The number of nitrogens with two attached hydrogens (primary N) is 1. The Balaban J connectivity index is 1.97. The molecule has 1 aliphatic rings. The largest absolute Gasteiger partial charge is 0.384 e. The number of carbonyl (C=O) groups is 1. The number of rotatable bonds is 2. The second-order valence-electron chi connectivity index (χ2n) is 5.90. The van der Waals surface area contributed by atoms with Crippen molar-refractivity contribution in [3.05, 3.63) is 23.9 Å². The monoisotopic (exact) mass is 247 g/mol. The molecular formula is C14H21N3O. The molecule has 18 heavy (non-hydrogen) atoms. The number of nitrogens with one attached hydrogen (secondary N) is 1. The lowest BCUT2D eigenvalue weighted by Crippen LogP contribution is -2.40. The fraction of sp³-hybridized carbons (Fsp3) is 0.571. The zero-order valence-corrected chi connectivity index (χ0v) is 11.1. The zero-order chi connectivity index (χ0) is 13.2. The van der Waals surface area contributed by atoms with Gasteiger partial charge in [-0.1, -0.05) is 20.3 Å². The molecular weight excluding hydrogens is 226 g/mol. The second-order valence-corrected chi connectivity index (χ2v) is 5.90. The Morgan fingerprint density at radius 1 is 1.50 bits per heavy atom. The average molecular weight is 247 g/mol. The molecule has 0 saturated heterocycles. The number of pyridine rings is 1. The van der Waals surface area contributed by atoms with E-state index in [0.29, 0.717) is 16.8 Å². The van der Waals surface area contributed by atoms with E-state index in [0.717, 1.165) is 12.8 Å². The second kappa shape index (κ2) is 4.96. The van der Waals surface area contributed by atoms with Gasteiger partial charge in [-0.25, -0.2) is 4.98 Å². The van der Waals surface area contributed by atoms with Crippen LogP contribution in [0.25, 0.3) is 0 Å². The van der Waals surface area contributed by atoms with E-state index in [1.807, 2.05) is 0 Å². The van der Waals surface area contributed by atoms with Crippen LogP contribution in [0.4, 0.5) is 5.82 Å². The molecule has 0 radical (unpaired) electrons. The fourth-order valence-electron chi connectivity index (χ4n) is 2.63. The summed E-state index contributed by atoms with van der Waals surface area (Å²) < 4.78 is 0. The maximum absolute atomic E-state index is 12.0. The molecule has 4 heteroatoms. The van der Waals surface area contributed by atoms with Gasteiger partial charge in [0.1, 0.15) is 5.82 Å². The Labute approximate surface area is 108 Å². The number of carbonyl (C=O) groups excluding carboxylic acids is 1. The van der Waals surface area contributed by atoms with Gasteiger partial charge >= 0.3 is 0 Å². The Morgan fingerprint density at radius 3 is 2.89 bits per heavy atom. The Kier molecular flexibility index (Phi) is 3.55. The van der Waals surface area contributed by atoms with Crippen molar-refractivity contribution in [3.8, 4) is 0 Å². The summed E-state index contributed by atoms with van der Waals surface area (Å²) in [5.74, 6) is 0.385. The van der Waals surface area contributed by atoms with Gasteiger partial charge in [-0.15, -0.1) is 0 Å². The molecule has 1 aromatic rings. The van der Waals surface area contributed by atoms with E-state index in [-0.39, 0.29) is 11.9 Å². The summed E-state index contributed by atoms with van der Waals surface area (Å²) in [5, 5.41) is 3.09. The molecule has 1 unspecified atom stereocenters. The number of nitrogen functional groups attached to an aromatic ring is 1. The number of hydrogen-bond acceptors (Lipinski definition) is 3. The summed E-state index contributed by atoms with van der Waals surface area (Å²) in [7, 11) is 0. The predicted molar refractivity (Wildman–Crippen MR) is 72.2 cm³/mol. The summed E-state index contributed by atoms with van der Waals surface area (Å²) >= 11 is 0. The van der Waals surface area contributed by atoms with Gasteiger partial charge in [0.15, 0.2) is 0 Å². The van der Waals surface area contributed by atoms with E-state index in [1.54, 1.807) is 12.1 Å². The average Bonchev–Trinajstić information content (AvgIpc) is 2.28. The van der Waals surface area contributed by atoms with Crippen molar-refractivity contribution >= 4 is 11.7 Å². The van der Waals surface area contributed by atoms with E-state index < -0.39 is 0 Å². The summed E-state index contributed by atoms with van der Waals surface area (Å²) in [6, 6.07) is 3.64. The zero-order valence-electron chi connectivity index (χ0n) is 11.1. The number of aromatic nitrogens is 1. The molecule has 3 N–H and O–H groups in total. The molecule has 0 aromatic carbocycles. The van der Waals surface area contributed by atoms with Crippen molar-refractivity contribution in [2.75, 3.05) is 5.73 Å². The van der Waals surface area contributed by atoms with Crippen molar-refractivity contribution in [1.29, 1.82) is 0 Å². The van der Waals surface area contributed by atoms with Crippen molar-refractivity contribution < 1.29 is 4.79 Å². The molecule has 1 aliphatic carbocycles. The molecule has 0 bridgehead atoms. The minimum Gasteiger partial charge on any atom is -0.384 e. The topological polar surface area (TPSA) is 68.0 Å². The SMILES string of the molecule is CC1(C)CCCC(NC(=O)c2ccc(N)nc2)C1. The highest BCUT2D eigenvalue weighted by molar-refractivity contribution is 5.94. The molecule has 1 saturated carbocycles. The van der Waals surface area contributed by atoms with Gasteiger partial charge in [-0.3, -0.25) is 4.79 Å². The first kappa shape index (κ1) is 12.9. The Morgan fingerprint density at radius 2 is 2.28 bits per heavy atom. The van der Waals surface area contributed by atoms with Crippen molar-refractivity contribution in [1.82, 2.24) is 10.3 Å². The number of amides is 1. The van der Waals surface area contributed by atoms with Crippen LogP contribution >= 0.6 is 0 Å². The van der Waals surface area contributed by atoms with Crippen LogP contribution < -0.4 is 11.1 Å². The molecule has 1 heterocycles. The summed E-state index contributed by atoms with van der Waals surface area (Å²) in [6.45, 7) is 4.52.